The molecule has 0 aromatic carbocycles. The average molecular weight is 513 g/mol. The Kier molecular flexibility index (Phi) is 7.05. The van der Waals surface area contributed by atoms with Gasteiger partial charge in [-0.25, -0.2) is 0 Å². The van der Waals surface area contributed by atoms with Crippen molar-refractivity contribution in [3.63, 3.8) is 0 Å². The number of nitrogens with zero attached hydrogens (tertiary/aromatic N) is 6. The Morgan fingerprint density at radius 1 is 1.00 bits per heavy atom. The predicted octanol–water partition coefficient (Wildman–Crippen LogP) is 3.87. The van der Waals surface area contributed by atoms with Crippen LogP contribution >= 0.6 is 11.5 Å². The number of hydrogen-bond acceptors (Lipinski definition) is 10. The molecule has 2 aliphatic heterocycles. The van der Waals surface area contributed by atoms with E-state index in [9.17, 15) is 5.11 Å². The Morgan fingerprint density at radius 3 is 2.56 bits per heavy atom. The summed E-state index contributed by atoms with van der Waals surface area (Å²) in [5.41, 5.74) is 1.86. The Labute approximate surface area is 215 Å². The number of fused-ring (bicyclic) bond motifs is 1. The van der Waals surface area contributed by atoms with Gasteiger partial charge in [-0.1, -0.05) is 0 Å². The second-order valence-corrected chi connectivity index (χ2v) is 11.2. The van der Waals surface area contributed by atoms with Crippen LogP contribution in [0.15, 0.2) is 12.4 Å². The third kappa shape index (κ3) is 5.20. The van der Waals surface area contributed by atoms with Gasteiger partial charge in [-0.05, 0) is 69.8 Å². The summed E-state index contributed by atoms with van der Waals surface area (Å²) in [6.45, 7) is 5.65. The molecular formula is C25H36N8O2S. The highest BCUT2D eigenvalue weighted by atomic mass is 32.1. The molecular weight excluding hydrogens is 476 g/mol. The van der Waals surface area contributed by atoms with Crippen LogP contribution in [0.2, 0.25) is 0 Å². The maximum atomic E-state index is 9.83. The van der Waals surface area contributed by atoms with Crippen LogP contribution in [0.5, 0.6) is 0 Å². The number of likely N-dealkylation sites (tertiary alicyclic amines) is 1. The number of hydrogen-bond donors (Lipinski definition) is 3. The lowest BCUT2D eigenvalue weighted by Gasteiger charge is -2.40. The van der Waals surface area contributed by atoms with Crippen molar-refractivity contribution in [3.8, 4) is 0 Å². The molecule has 0 spiro atoms. The predicted molar refractivity (Wildman–Crippen MR) is 141 cm³/mol. The lowest BCUT2D eigenvalue weighted by atomic mass is 9.89. The molecule has 0 unspecified atom stereocenters. The number of rotatable bonds is 6. The standard InChI is InChI=1S/C25H36N8O2S/c1-16-22-23(27-17-2-4-19(5-3-17)32-10-6-21(34)7-11-32)29-25(30-24(22)36-31-16)28-18-14-26-33(15-18)20-8-12-35-13-9-20/h14-15,17,19-21,34H,2-13H2,1H3,(H2,27,28,29,30)/t17-,19-. The molecule has 3 aliphatic rings. The van der Waals surface area contributed by atoms with Crippen LogP contribution in [-0.2, 0) is 4.74 Å². The zero-order valence-electron chi connectivity index (χ0n) is 20.9. The van der Waals surface area contributed by atoms with E-state index in [4.69, 9.17) is 14.7 Å². The molecule has 0 bridgehead atoms. The molecule has 3 N–H and O–H groups in total. The van der Waals surface area contributed by atoms with Crippen LogP contribution in [-0.4, -0.2) is 78.6 Å². The molecule has 1 saturated carbocycles. The third-order valence-corrected chi connectivity index (χ3v) is 8.82. The van der Waals surface area contributed by atoms with E-state index in [1.54, 1.807) is 0 Å². The van der Waals surface area contributed by atoms with Crippen molar-refractivity contribution in [2.24, 2.45) is 0 Å². The minimum Gasteiger partial charge on any atom is -0.393 e. The molecule has 36 heavy (non-hydrogen) atoms. The first-order valence-corrected chi connectivity index (χ1v) is 14.1. The first-order chi connectivity index (χ1) is 17.6. The zero-order valence-corrected chi connectivity index (χ0v) is 21.7. The normalized spacial score (nSPS) is 24.8. The summed E-state index contributed by atoms with van der Waals surface area (Å²) in [5.74, 6) is 1.44. The van der Waals surface area contributed by atoms with E-state index in [0.29, 0.717) is 24.1 Å². The molecule has 11 heteroatoms. The van der Waals surface area contributed by atoms with Gasteiger partial charge in [0.1, 0.15) is 5.82 Å². The molecule has 3 fully saturated rings. The maximum absolute atomic E-state index is 9.83. The van der Waals surface area contributed by atoms with Gasteiger partial charge in [-0.3, -0.25) is 4.68 Å². The Morgan fingerprint density at radius 2 is 1.78 bits per heavy atom. The van der Waals surface area contributed by atoms with Gasteiger partial charge >= 0.3 is 0 Å². The minimum atomic E-state index is -0.110. The number of nitrogens with one attached hydrogen (secondary N) is 2. The van der Waals surface area contributed by atoms with Crippen molar-refractivity contribution in [3.05, 3.63) is 18.1 Å². The van der Waals surface area contributed by atoms with Crippen molar-refractivity contribution in [2.45, 2.75) is 82.5 Å². The van der Waals surface area contributed by atoms with Crippen molar-refractivity contribution in [2.75, 3.05) is 36.9 Å². The molecule has 2 saturated heterocycles. The number of aliphatic hydroxyl groups excluding tert-OH is 1. The van der Waals surface area contributed by atoms with Crippen LogP contribution in [0.4, 0.5) is 17.5 Å². The van der Waals surface area contributed by atoms with Crippen LogP contribution in [0.3, 0.4) is 0 Å². The van der Waals surface area contributed by atoms with Crippen molar-refractivity contribution in [1.82, 2.24) is 29.0 Å². The maximum Gasteiger partial charge on any atom is 0.230 e. The summed E-state index contributed by atoms with van der Waals surface area (Å²) in [6, 6.07) is 1.40. The van der Waals surface area contributed by atoms with Gasteiger partial charge in [0, 0.05) is 44.6 Å². The number of anilines is 3. The van der Waals surface area contributed by atoms with Gasteiger partial charge in [0.2, 0.25) is 5.95 Å². The molecule has 0 radical (unpaired) electrons. The molecule has 3 aromatic rings. The SMILES string of the molecule is Cc1nsc2nc(Nc3cnn(C4CCOCC4)c3)nc(N[C@H]3CC[C@H](N4CCC(O)CC4)CC3)c12. The van der Waals surface area contributed by atoms with Crippen molar-refractivity contribution >= 4 is 39.2 Å². The molecule has 6 rings (SSSR count). The second-order valence-electron chi connectivity index (χ2n) is 10.4. The van der Waals surface area contributed by atoms with E-state index in [0.717, 1.165) is 92.2 Å². The molecule has 10 nitrogen and oxygen atoms in total. The van der Waals surface area contributed by atoms with Gasteiger partial charge in [0.05, 0.1) is 35.1 Å². The van der Waals surface area contributed by atoms with Crippen LogP contribution < -0.4 is 10.6 Å². The highest BCUT2D eigenvalue weighted by Crippen LogP contribution is 2.33. The first-order valence-electron chi connectivity index (χ1n) is 13.3. The summed E-state index contributed by atoms with van der Waals surface area (Å²) in [4.78, 5) is 13.1. The third-order valence-electron chi connectivity index (χ3n) is 7.98. The number of ether oxygens (including phenoxy) is 1. The molecule has 0 atom stereocenters. The minimum absolute atomic E-state index is 0.110. The van der Waals surface area contributed by atoms with E-state index >= 15 is 0 Å². The average Bonchev–Trinajstić information content (AvgIpc) is 3.52. The largest absolute Gasteiger partial charge is 0.393 e. The zero-order chi connectivity index (χ0) is 24.5. The fraction of sp³-hybridized carbons (Fsp3) is 0.680. The molecule has 3 aromatic heterocycles. The van der Waals surface area contributed by atoms with Crippen molar-refractivity contribution < 1.29 is 9.84 Å². The molecule has 194 valence electrons. The van der Waals surface area contributed by atoms with Gasteiger partial charge in [0.15, 0.2) is 4.83 Å². The lowest BCUT2D eigenvalue weighted by Crippen LogP contribution is -2.45. The van der Waals surface area contributed by atoms with E-state index in [-0.39, 0.29) is 6.10 Å². The summed E-state index contributed by atoms with van der Waals surface area (Å²) >= 11 is 1.42. The second kappa shape index (κ2) is 10.6. The summed E-state index contributed by atoms with van der Waals surface area (Å²) in [6.07, 6.45) is 12.2. The Hall–Kier alpha value is -2.34. The van der Waals surface area contributed by atoms with E-state index in [1.807, 2.05) is 24.0 Å². The highest BCUT2D eigenvalue weighted by Gasteiger charge is 2.29. The lowest BCUT2D eigenvalue weighted by molar-refractivity contribution is 0.0495. The fourth-order valence-electron chi connectivity index (χ4n) is 5.86. The first kappa shape index (κ1) is 24.0. The molecule has 1 aliphatic carbocycles. The molecule has 0 amide bonds. The van der Waals surface area contributed by atoms with Crippen molar-refractivity contribution in [1.29, 1.82) is 0 Å². The van der Waals surface area contributed by atoms with E-state index in [2.05, 4.69) is 25.0 Å². The Bertz CT molecular complexity index is 1160. The number of aromatic nitrogens is 5. The summed E-state index contributed by atoms with van der Waals surface area (Å²) in [5, 5.41) is 22.5. The van der Waals surface area contributed by atoms with E-state index < -0.39 is 0 Å². The quantitative estimate of drug-likeness (QED) is 0.453. The number of piperidine rings is 1. The van der Waals surface area contributed by atoms with Gasteiger partial charge < -0.3 is 25.4 Å². The van der Waals surface area contributed by atoms with Crippen LogP contribution in [0, 0.1) is 6.92 Å². The Balaban J connectivity index is 1.14. The summed E-state index contributed by atoms with van der Waals surface area (Å²) < 4.78 is 12.1. The summed E-state index contributed by atoms with van der Waals surface area (Å²) in [7, 11) is 0. The van der Waals surface area contributed by atoms with Gasteiger partial charge in [-0.15, -0.1) is 0 Å². The topological polar surface area (TPSA) is 113 Å². The van der Waals surface area contributed by atoms with Gasteiger partial charge in [0.25, 0.3) is 0 Å². The van der Waals surface area contributed by atoms with E-state index in [1.165, 1.54) is 24.4 Å². The number of aliphatic hydroxyl groups is 1. The molecule has 5 heterocycles. The smallest absolute Gasteiger partial charge is 0.230 e. The van der Waals surface area contributed by atoms with Crippen LogP contribution in [0.25, 0.3) is 10.2 Å². The van der Waals surface area contributed by atoms with Gasteiger partial charge in [-0.2, -0.15) is 19.4 Å². The monoisotopic (exact) mass is 512 g/mol. The number of aryl methyl sites for hydroxylation is 1. The highest BCUT2D eigenvalue weighted by molar-refractivity contribution is 7.13. The van der Waals surface area contributed by atoms with Crippen LogP contribution in [0.1, 0.15) is 63.1 Å². The fourth-order valence-corrected chi connectivity index (χ4v) is 6.64.